The van der Waals surface area contributed by atoms with E-state index in [1.807, 2.05) is 24.3 Å². The molecule has 0 atom stereocenters. The van der Waals surface area contributed by atoms with Gasteiger partial charge in [0.25, 0.3) is 0 Å². The van der Waals surface area contributed by atoms with E-state index in [2.05, 4.69) is 9.97 Å². The van der Waals surface area contributed by atoms with Crippen molar-refractivity contribution < 1.29 is 4.42 Å². The molecule has 0 unspecified atom stereocenters. The first kappa shape index (κ1) is 8.17. The van der Waals surface area contributed by atoms with Crippen LogP contribution in [0.25, 0.3) is 22.3 Å². The second-order valence-electron chi connectivity index (χ2n) is 3.27. The number of aromatic nitrogens is 2. The lowest BCUT2D eigenvalue weighted by atomic mass is 10.2. The zero-order chi connectivity index (χ0) is 10.1. The van der Waals surface area contributed by atoms with E-state index in [-0.39, 0.29) is 0 Å². The summed E-state index contributed by atoms with van der Waals surface area (Å²) in [6, 6.07) is 7.78. The molecule has 0 amide bonds. The molecular formula is C12H8N2O. The summed E-state index contributed by atoms with van der Waals surface area (Å²) in [6.45, 7) is 0. The largest absolute Gasteiger partial charge is 0.454 e. The van der Waals surface area contributed by atoms with Crippen molar-refractivity contribution in [3.05, 3.63) is 49.1 Å². The van der Waals surface area contributed by atoms with Crippen molar-refractivity contribution in [3.8, 4) is 11.3 Å². The Balaban J connectivity index is 2.21. The Bertz CT molecular complexity index is 554. The van der Waals surface area contributed by atoms with Gasteiger partial charge >= 0.3 is 0 Å². The van der Waals surface area contributed by atoms with Crippen molar-refractivity contribution in [2.24, 2.45) is 0 Å². The molecule has 3 aromatic rings. The molecule has 0 fully saturated rings. The molecule has 15 heavy (non-hydrogen) atoms. The van der Waals surface area contributed by atoms with Crippen molar-refractivity contribution in [2.45, 2.75) is 0 Å². The van der Waals surface area contributed by atoms with Gasteiger partial charge in [0.05, 0.1) is 6.20 Å². The molecule has 0 spiro atoms. The number of furan rings is 1. The molecule has 0 saturated heterocycles. The average molecular weight is 196 g/mol. The number of hydrogen-bond donors (Lipinski definition) is 0. The number of fused-ring (bicyclic) bond motifs is 1. The Morgan fingerprint density at radius 3 is 2.73 bits per heavy atom. The highest BCUT2D eigenvalue weighted by Crippen LogP contribution is 2.26. The monoisotopic (exact) mass is 196 g/mol. The van der Waals surface area contributed by atoms with Crippen LogP contribution in [0.2, 0.25) is 0 Å². The third-order valence-corrected chi connectivity index (χ3v) is 2.27. The van der Waals surface area contributed by atoms with Crippen LogP contribution in [0.5, 0.6) is 0 Å². The van der Waals surface area contributed by atoms with Gasteiger partial charge in [0.1, 0.15) is 5.76 Å². The number of hydrogen-bond acceptors (Lipinski definition) is 3. The van der Waals surface area contributed by atoms with Crippen molar-refractivity contribution in [1.82, 2.24) is 9.97 Å². The van der Waals surface area contributed by atoms with Crippen LogP contribution >= 0.6 is 0 Å². The highest BCUT2D eigenvalue weighted by Gasteiger charge is 2.04. The van der Waals surface area contributed by atoms with E-state index in [1.165, 1.54) is 0 Å². The van der Waals surface area contributed by atoms with E-state index >= 15 is 0 Å². The zero-order valence-corrected chi connectivity index (χ0v) is 7.92. The first-order valence-corrected chi connectivity index (χ1v) is 4.67. The Morgan fingerprint density at radius 2 is 1.93 bits per heavy atom. The van der Waals surface area contributed by atoms with Crippen LogP contribution in [0.15, 0.2) is 53.5 Å². The Hall–Kier alpha value is -2.16. The van der Waals surface area contributed by atoms with Crippen LogP contribution in [0, 0.1) is 0 Å². The lowest BCUT2D eigenvalue weighted by Crippen LogP contribution is -1.73. The molecule has 0 aliphatic rings. The minimum Gasteiger partial charge on any atom is -0.454 e. The SMILES string of the molecule is c1cncc(-c2cc3ccncc3o2)c1. The van der Waals surface area contributed by atoms with E-state index in [0.717, 1.165) is 22.3 Å². The first-order chi connectivity index (χ1) is 7.43. The molecule has 0 aromatic carbocycles. The van der Waals surface area contributed by atoms with Gasteiger partial charge in [-0.25, -0.2) is 0 Å². The smallest absolute Gasteiger partial charge is 0.153 e. The van der Waals surface area contributed by atoms with Gasteiger partial charge in [-0.3, -0.25) is 9.97 Å². The molecular weight excluding hydrogens is 188 g/mol. The molecule has 3 aromatic heterocycles. The van der Waals surface area contributed by atoms with E-state index in [1.54, 1.807) is 24.8 Å². The summed E-state index contributed by atoms with van der Waals surface area (Å²) in [5.41, 5.74) is 1.78. The second kappa shape index (κ2) is 3.20. The normalized spacial score (nSPS) is 10.7. The van der Waals surface area contributed by atoms with Crippen LogP contribution < -0.4 is 0 Å². The molecule has 0 aliphatic carbocycles. The molecule has 0 radical (unpaired) electrons. The van der Waals surface area contributed by atoms with Gasteiger partial charge in [0.2, 0.25) is 0 Å². The summed E-state index contributed by atoms with van der Waals surface area (Å²) >= 11 is 0. The fraction of sp³-hybridized carbons (Fsp3) is 0. The van der Waals surface area contributed by atoms with Crippen LogP contribution in [0.1, 0.15) is 0 Å². The summed E-state index contributed by atoms with van der Waals surface area (Å²) in [6.07, 6.45) is 7.00. The fourth-order valence-corrected chi connectivity index (χ4v) is 1.54. The van der Waals surface area contributed by atoms with Crippen LogP contribution in [0.3, 0.4) is 0 Å². The third-order valence-electron chi connectivity index (χ3n) is 2.27. The summed E-state index contributed by atoms with van der Waals surface area (Å²) < 4.78 is 5.65. The lowest BCUT2D eigenvalue weighted by molar-refractivity contribution is 0.629. The van der Waals surface area contributed by atoms with Crippen molar-refractivity contribution in [3.63, 3.8) is 0 Å². The van der Waals surface area contributed by atoms with Gasteiger partial charge in [-0.05, 0) is 24.3 Å². The van der Waals surface area contributed by atoms with Crippen LogP contribution in [0.4, 0.5) is 0 Å². The number of pyridine rings is 2. The topological polar surface area (TPSA) is 38.9 Å². The van der Waals surface area contributed by atoms with Crippen molar-refractivity contribution in [2.75, 3.05) is 0 Å². The highest BCUT2D eigenvalue weighted by atomic mass is 16.3. The van der Waals surface area contributed by atoms with Gasteiger partial charge in [0.15, 0.2) is 5.58 Å². The molecule has 3 rings (SSSR count). The summed E-state index contributed by atoms with van der Waals surface area (Å²) in [4.78, 5) is 8.07. The van der Waals surface area contributed by atoms with Gasteiger partial charge in [0, 0.05) is 29.5 Å². The number of rotatable bonds is 1. The maximum Gasteiger partial charge on any atom is 0.153 e. The van der Waals surface area contributed by atoms with Crippen LogP contribution in [-0.4, -0.2) is 9.97 Å². The molecule has 72 valence electrons. The average Bonchev–Trinajstić information content (AvgIpc) is 2.74. The van der Waals surface area contributed by atoms with Gasteiger partial charge < -0.3 is 4.42 Å². The standard InChI is InChI=1S/C12H8N2O/c1-2-10(7-13-4-1)11-6-9-3-5-14-8-12(9)15-11/h1-8H. The van der Waals surface area contributed by atoms with Crippen LogP contribution in [-0.2, 0) is 0 Å². The first-order valence-electron chi connectivity index (χ1n) is 4.67. The minimum atomic E-state index is 0.802. The molecule has 3 nitrogen and oxygen atoms in total. The lowest BCUT2D eigenvalue weighted by Gasteiger charge is -1.92. The fourth-order valence-electron chi connectivity index (χ4n) is 1.54. The molecule has 0 N–H and O–H groups in total. The van der Waals surface area contributed by atoms with E-state index in [9.17, 15) is 0 Å². The predicted octanol–water partition coefficient (Wildman–Crippen LogP) is 2.89. The quantitative estimate of drug-likeness (QED) is 0.600. The third kappa shape index (κ3) is 1.38. The van der Waals surface area contributed by atoms with E-state index < -0.39 is 0 Å². The Morgan fingerprint density at radius 1 is 1.00 bits per heavy atom. The highest BCUT2D eigenvalue weighted by molar-refractivity contribution is 5.81. The Kier molecular flexibility index (Phi) is 1.75. The molecule has 0 bridgehead atoms. The predicted molar refractivity (Wildman–Crippen MR) is 57.2 cm³/mol. The van der Waals surface area contributed by atoms with Gasteiger partial charge in [-0.2, -0.15) is 0 Å². The molecule has 0 aliphatic heterocycles. The molecule has 3 heteroatoms. The van der Waals surface area contributed by atoms with E-state index in [4.69, 9.17) is 4.42 Å². The molecule has 3 heterocycles. The zero-order valence-electron chi connectivity index (χ0n) is 7.92. The maximum absolute atomic E-state index is 5.65. The summed E-state index contributed by atoms with van der Waals surface area (Å²) in [5, 5.41) is 1.06. The van der Waals surface area contributed by atoms with Gasteiger partial charge in [-0.1, -0.05) is 0 Å². The summed E-state index contributed by atoms with van der Waals surface area (Å²) in [5.74, 6) is 0.825. The van der Waals surface area contributed by atoms with Crippen molar-refractivity contribution >= 4 is 11.0 Å². The second-order valence-corrected chi connectivity index (χ2v) is 3.27. The minimum absolute atomic E-state index is 0.802. The van der Waals surface area contributed by atoms with Gasteiger partial charge in [-0.15, -0.1) is 0 Å². The summed E-state index contributed by atoms with van der Waals surface area (Å²) in [7, 11) is 0. The number of nitrogens with zero attached hydrogens (tertiary/aromatic N) is 2. The molecule has 0 saturated carbocycles. The maximum atomic E-state index is 5.65. The Labute approximate surface area is 86.4 Å². The van der Waals surface area contributed by atoms with Crippen molar-refractivity contribution in [1.29, 1.82) is 0 Å². The van der Waals surface area contributed by atoms with E-state index in [0.29, 0.717) is 0 Å².